The first-order valence-corrected chi connectivity index (χ1v) is 6.18. The molecule has 0 amide bonds. The van der Waals surface area contributed by atoms with Gasteiger partial charge in [-0.25, -0.2) is 4.98 Å². The van der Waals surface area contributed by atoms with Crippen LogP contribution in [0.3, 0.4) is 0 Å². The van der Waals surface area contributed by atoms with Crippen molar-refractivity contribution < 1.29 is 0 Å². The van der Waals surface area contributed by atoms with E-state index >= 15 is 0 Å². The standard InChI is InChI=1S/C13H14ClN3/c1-9-2-3-10(8-12(9)14)16-13-15-6-7-17(13)11-4-5-11/h2-3,6-8,11H,4-5H2,1H3,(H,15,16). The fourth-order valence-corrected chi connectivity index (χ4v) is 2.04. The fourth-order valence-electron chi connectivity index (χ4n) is 1.86. The van der Waals surface area contributed by atoms with E-state index in [4.69, 9.17) is 11.6 Å². The largest absolute Gasteiger partial charge is 0.326 e. The minimum Gasteiger partial charge on any atom is -0.326 e. The SMILES string of the molecule is Cc1ccc(Nc2nccn2C2CC2)cc1Cl. The smallest absolute Gasteiger partial charge is 0.207 e. The zero-order valence-corrected chi connectivity index (χ0v) is 10.4. The molecule has 0 bridgehead atoms. The van der Waals surface area contributed by atoms with E-state index < -0.39 is 0 Å². The van der Waals surface area contributed by atoms with E-state index in [2.05, 4.69) is 14.9 Å². The van der Waals surface area contributed by atoms with Crippen LogP contribution >= 0.6 is 11.6 Å². The molecule has 0 aliphatic heterocycles. The van der Waals surface area contributed by atoms with E-state index in [0.29, 0.717) is 6.04 Å². The third-order valence-electron chi connectivity index (χ3n) is 3.04. The van der Waals surface area contributed by atoms with Gasteiger partial charge in [-0.05, 0) is 37.5 Å². The van der Waals surface area contributed by atoms with Crippen LogP contribution in [0, 0.1) is 6.92 Å². The first-order valence-electron chi connectivity index (χ1n) is 5.80. The fraction of sp³-hybridized carbons (Fsp3) is 0.308. The number of hydrogen-bond donors (Lipinski definition) is 1. The third-order valence-corrected chi connectivity index (χ3v) is 3.44. The average molecular weight is 248 g/mol. The monoisotopic (exact) mass is 247 g/mol. The Morgan fingerprint density at radius 2 is 2.24 bits per heavy atom. The second-order valence-corrected chi connectivity index (χ2v) is 4.89. The number of benzene rings is 1. The van der Waals surface area contributed by atoms with Crippen molar-refractivity contribution >= 4 is 23.2 Å². The molecule has 2 aromatic rings. The van der Waals surface area contributed by atoms with Crippen molar-refractivity contribution in [3.63, 3.8) is 0 Å². The number of nitrogens with one attached hydrogen (secondary N) is 1. The summed E-state index contributed by atoms with van der Waals surface area (Å²) in [4.78, 5) is 4.33. The molecule has 4 heteroatoms. The van der Waals surface area contributed by atoms with E-state index in [0.717, 1.165) is 22.2 Å². The highest BCUT2D eigenvalue weighted by atomic mass is 35.5. The maximum atomic E-state index is 6.10. The van der Waals surface area contributed by atoms with Gasteiger partial charge in [-0.3, -0.25) is 0 Å². The summed E-state index contributed by atoms with van der Waals surface area (Å²) in [6.45, 7) is 2.00. The summed E-state index contributed by atoms with van der Waals surface area (Å²) in [5.74, 6) is 0.896. The van der Waals surface area contributed by atoms with Gasteiger partial charge in [0.25, 0.3) is 0 Å². The molecule has 0 spiro atoms. The molecule has 1 aliphatic carbocycles. The minimum atomic E-state index is 0.626. The Kier molecular flexibility index (Phi) is 2.56. The Morgan fingerprint density at radius 1 is 1.41 bits per heavy atom. The van der Waals surface area contributed by atoms with Crippen LogP contribution in [0.2, 0.25) is 5.02 Å². The lowest BCUT2D eigenvalue weighted by Crippen LogP contribution is -2.01. The number of nitrogens with zero attached hydrogens (tertiary/aromatic N) is 2. The van der Waals surface area contributed by atoms with Gasteiger partial charge in [-0.1, -0.05) is 17.7 Å². The summed E-state index contributed by atoms with van der Waals surface area (Å²) in [5, 5.41) is 4.09. The molecule has 1 aromatic heterocycles. The Hall–Kier alpha value is -1.48. The van der Waals surface area contributed by atoms with Gasteiger partial charge in [0.05, 0.1) is 0 Å². The summed E-state index contributed by atoms with van der Waals surface area (Å²) >= 11 is 6.10. The molecular weight excluding hydrogens is 234 g/mol. The van der Waals surface area contributed by atoms with Crippen molar-refractivity contribution in [3.8, 4) is 0 Å². The van der Waals surface area contributed by atoms with Crippen molar-refractivity contribution in [2.45, 2.75) is 25.8 Å². The Balaban J connectivity index is 1.85. The van der Waals surface area contributed by atoms with Crippen molar-refractivity contribution in [2.75, 3.05) is 5.32 Å². The molecule has 1 aromatic carbocycles. The number of rotatable bonds is 3. The molecule has 0 unspecified atom stereocenters. The van der Waals surface area contributed by atoms with Gasteiger partial charge in [0.15, 0.2) is 0 Å². The molecule has 0 saturated heterocycles. The molecule has 1 heterocycles. The second kappa shape index (κ2) is 4.08. The quantitative estimate of drug-likeness (QED) is 0.891. The van der Waals surface area contributed by atoms with Gasteiger partial charge < -0.3 is 9.88 Å². The van der Waals surface area contributed by atoms with Crippen molar-refractivity contribution in [2.24, 2.45) is 0 Å². The lowest BCUT2D eigenvalue weighted by molar-refractivity contribution is 0.751. The van der Waals surface area contributed by atoms with E-state index in [9.17, 15) is 0 Å². The summed E-state index contributed by atoms with van der Waals surface area (Å²) in [6, 6.07) is 6.59. The highest BCUT2D eigenvalue weighted by molar-refractivity contribution is 6.31. The molecular formula is C13H14ClN3. The molecule has 88 valence electrons. The maximum Gasteiger partial charge on any atom is 0.207 e. The van der Waals surface area contributed by atoms with Gasteiger partial charge in [0.2, 0.25) is 5.95 Å². The van der Waals surface area contributed by atoms with Crippen molar-refractivity contribution in [3.05, 3.63) is 41.2 Å². The predicted molar refractivity (Wildman–Crippen MR) is 70.0 cm³/mol. The highest BCUT2D eigenvalue weighted by Crippen LogP contribution is 2.37. The van der Waals surface area contributed by atoms with Gasteiger partial charge in [-0.2, -0.15) is 0 Å². The first-order chi connectivity index (χ1) is 8.24. The van der Waals surface area contributed by atoms with Crippen molar-refractivity contribution in [1.82, 2.24) is 9.55 Å². The average Bonchev–Trinajstić information content (AvgIpc) is 3.05. The van der Waals surface area contributed by atoms with Gasteiger partial charge in [0.1, 0.15) is 0 Å². The number of halogens is 1. The van der Waals surface area contributed by atoms with Crippen LogP contribution in [-0.4, -0.2) is 9.55 Å². The van der Waals surface area contributed by atoms with Crippen LogP contribution in [0.4, 0.5) is 11.6 Å². The molecule has 3 rings (SSSR count). The molecule has 1 N–H and O–H groups in total. The van der Waals surface area contributed by atoms with Crippen LogP contribution in [0.1, 0.15) is 24.4 Å². The molecule has 3 nitrogen and oxygen atoms in total. The molecule has 1 fully saturated rings. The normalized spacial score (nSPS) is 14.9. The highest BCUT2D eigenvalue weighted by Gasteiger charge is 2.25. The second-order valence-electron chi connectivity index (χ2n) is 4.48. The molecule has 0 atom stereocenters. The minimum absolute atomic E-state index is 0.626. The lowest BCUT2D eigenvalue weighted by atomic mass is 10.2. The van der Waals surface area contributed by atoms with Crippen LogP contribution in [-0.2, 0) is 0 Å². The van der Waals surface area contributed by atoms with E-state index in [-0.39, 0.29) is 0 Å². The Morgan fingerprint density at radius 3 is 2.94 bits per heavy atom. The molecule has 1 aliphatic rings. The van der Waals surface area contributed by atoms with E-state index in [1.54, 1.807) is 0 Å². The van der Waals surface area contributed by atoms with E-state index in [1.165, 1.54) is 12.8 Å². The topological polar surface area (TPSA) is 29.9 Å². The summed E-state index contributed by atoms with van der Waals surface area (Å²) in [6.07, 6.45) is 6.35. The first kappa shape index (κ1) is 10.7. The van der Waals surface area contributed by atoms with Crippen LogP contribution in [0.25, 0.3) is 0 Å². The number of hydrogen-bond acceptors (Lipinski definition) is 2. The van der Waals surface area contributed by atoms with Crippen LogP contribution < -0.4 is 5.32 Å². The van der Waals surface area contributed by atoms with E-state index in [1.807, 2.05) is 37.5 Å². The molecule has 17 heavy (non-hydrogen) atoms. The number of imidazole rings is 1. The summed E-state index contributed by atoms with van der Waals surface area (Å²) < 4.78 is 2.19. The number of aromatic nitrogens is 2. The van der Waals surface area contributed by atoms with Gasteiger partial charge in [-0.15, -0.1) is 0 Å². The summed E-state index contributed by atoms with van der Waals surface area (Å²) in [7, 11) is 0. The predicted octanol–water partition coefficient (Wildman–Crippen LogP) is 3.92. The van der Waals surface area contributed by atoms with Crippen molar-refractivity contribution in [1.29, 1.82) is 0 Å². The Bertz CT molecular complexity index is 543. The number of anilines is 2. The molecule has 1 saturated carbocycles. The number of aryl methyl sites for hydroxylation is 1. The zero-order valence-electron chi connectivity index (χ0n) is 9.65. The summed E-state index contributed by atoms with van der Waals surface area (Å²) in [5.41, 5.74) is 2.07. The van der Waals surface area contributed by atoms with Gasteiger partial charge in [0, 0.05) is 29.1 Å². The Labute approximate surface area is 105 Å². The van der Waals surface area contributed by atoms with Crippen LogP contribution in [0.15, 0.2) is 30.6 Å². The molecule has 0 radical (unpaired) electrons. The lowest BCUT2D eigenvalue weighted by Gasteiger charge is -2.09. The van der Waals surface area contributed by atoms with Gasteiger partial charge >= 0.3 is 0 Å². The zero-order chi connectivity index (χ0) is 11.8. The maximum absolute atomic E-state index is 6.10. The van der Waals surface area contributed by atoms with Crippen LogP contribution in [0.5, 0.6) is 0 Å². The third kappa shape index (κ3) is 2.15.